The van der Waals surface area contributed by atoms with Crippen LogP contribution in [0.3, 0.4) is 0 Å². The Morgan fingerprint density at radius 2 is 1.68 bits per heavy atom. The zero-order valence-electron chi connectivity index (χ0n) is 18.0. The van der Waals surface area contributed by atoms with E-state index in [1.165, 1.54) is 49.6 Å². The molecule has 11 heteroatoms. The number of amides is 1. The Hall–Kier alpha value is -2.85. The normalized spacial score (nSPS) is 11.2. The minimum Gasteiger partial charge on any atom is -0.489 e. The van der Waals surface area contributed by atoms with Crippen molar-refractivity contribution in [2.24, 2.45) is 0 Å². The van der Waals surface area contributed by atoms with E-state index in [1.807, 2.05) is 0 Å². The number of hydrogen-bond donors (Lipinski definition) is 2. The molecule has 3 aromatic carbocycles. The van der Waals surface area contributed by atoms with E-state index in [-0.39, 0.29) is 51.0 Å². The largest absolute Gasteiger partial charge is 0.489 e. The summed E-state index contributed by atoms with van der Waals surface area (Å²) in [6.45, 7) is 0.0802. The number of carbonyl (C=O) groups is 1. The molecule has 0 saturated heterocycles. The molecule has 7 nitrogen and oxygen atoms in total. The summed E-state index contributed by atoms with van der Waals surface area (Å²) in [5.74, 6) is -0.844. The number of ether oxygens (including phenoxy) is 2. The second kappa shape index (κ2) is 11.5. The Morgan fingerprint density at radius 1 is 1.00 bits per heavy atom. The fraction of sp³-hybridized carbons (Fsp3) is 0.174. The molecule has 3 aromatic rings. The van der Waals surface area contributed by atoms with Crippen molar-refractivity contribution in [1.29, 1.82) is 0 Å². The minimum absolute atomic E-state index is 0.00663. The fourth-order valence-electron chi connectivity index (χ4n) is 2.92. The number of halogens is 3. The number of nitrogens with one attached hydrogen (secondary N) is 2. The summed E-state index contributed by atoms with van der Waals surface area (Å²) in [6, 6.07) is 14.3. The predicted octanol–water partition coefficient (Wildman–Crippen LogP) is 5.04. The molecular weight excluding hydrogens is 506 g/mol. The number of anilines is 2. The lowest BCUT2D eigenvalue weighted by molar-refractivity contribution is -0.114. The molecule has 0 bridgehead atoms. The maximum atomic E-state index is 13.3. The fourth-order valence-corrected chi connectivity index (χ4v) is 5.44. The Morgan fingerprint density at radius 3 is 2.32 bits per heavy atom. The first-order chi connectivity index (χ1) is 16.2. The molecule has 2 N–H and O–H groups in total. The highest BCUT2D eigenvalue weighted by Gasteiger charge is 2.29. The number of rotatable bonds is 10. The second-order valence-corrected chi connectivity index (χ2v) is 9.59. The van der Waals surface area contributed by atoms with E-state index in [1.54, 1.807) is 18.2 Å². The molecule has 0 radical (unpaired) electrons. The van der Waals surface area contributed by atoms with Crippen molar-refractivity contribution in [2.45, 2.75) is 9.79 Å². The van der Waals surface area contributed by atoms with Crippen molar-refractivity contribution in [3.8, 4) is 5.75 Å². The smallest absolute Gasteiger partial charge is 0.243 e. The van der Waals surface area contributed by atoms with Crippen LogP contribution >= 0.6 is 23.2 Å². The topological polar surface area (TPSA) is 93.7 Å². The van der Waals surface area contributed by atoms with Gasteiger partial charge in [0, 0.05) is 18.9 Å². The standard InChI is InChI=1S/C23H21Cl2FN2O5S/c1-32-11-12-33-19-13-18(27-14-20(29)28-16-9-7-15(26)8-10-16)21(24)23(22(19)25)34(30,31)17-5-3-2-4-6-17/h2-10,13,27H,11-12,14H2,1H3,(H,28,29). The van der Waals surface area contributed by atoms with Gasteiger partial charge in [-0.2, -0.15) is 0 Å². The maximum Gasteiger partial charge on any atom is 0.243 e. The highest BCUT2D eigenvalue weighted by Crippen LogP contribution is 2.44. The number of benzene rings is 3. The molecule has 0 spiro atoms. The van der Waals surface area contributed by atoms with Crippen molar-refractivity contribution in [2.75, 3.05) is 37.5 Å². The number of methoxy groups -OCH3 is 1. The van der Waals surface area contributed by atoms with Crippen LogP contribution in [0.1, 0.15) is 0 Å². The van der Waals surface area contributed by atoms with Crippen LogP contribution in [0.15, 0.2) is 70.5 Å². The summed E-state index contributed by atoms with van der Waals surface area (Å²) in [5, 5.41) is 5.03. The summed E-state index contributed by atoms with van der Waals surface area (Å²) >= 11 is 12.9. The summed E-state index contributed by atoms with van der Waals surface area (Å²) in [7, 11) is -2.63. The predicted molar refractivity (Wildman–Crippen MR) is 129 cm³/mol. The van der Waals surface area contributed by atoms with Crippen LogP contribution in [0.25, 0.3) is 0 Å². The summed E-state index contributed by atoms with van der Waals surface area (Å²) in [5.41, 5.74) is 0.522. The molecule has 0 aliphatic rings. The van der Waals surface area contributed by atoms with Crippen LogP contribution in [0, 0.1) is 5.82 Å². The van der Waals surface area contributed by atoms with Gasteiger partial charge in [0.25, 0.3) is 0 Å². The van der Waals surface area contributed by atoms with E-state index in [9.17, 15) is 17.6 Å². The molecular formula is C23H21Cl2FN2O5S. The van der Waals surface area contributed by atoms with Gasteiger partial charge in [0.05, 0.1) is 28.8 Å². The quantitative estimate of drug-likeness (QED) is 0.359. The lowest BCUT2D eigenvalue weighted by Gasteiger charge is -2.18. The second-order valence-electron chi connectivity index (χ2n) is 6.95. The first-order valence-corrected chi connectivity index (χ1v) is 12.2. The third-order valence-electron chi connectivity index (χ3n) is 4.56. The molecule has 0 aromatic heterocycles. The zero-order valence-corrected chi connectivity index (χ0v) is 20.3. The van der Waals surface area contributed by atoms with Gasteiger partial charge >= 0.3 is 0 Å². The van der Waals surface area contributed by atoms with Gasteiger partial charge in [-0.05, 0) is 36.4 Å². The first kappa shape index (κ1) is 25.8. The van der Waals surface area contributed by atoms with Crippen molar-refractivity contribution >= 4 is 50.3 Å². The lowest BCUT2D eigenvalue weighted by atomic mass is 10.2. The third-order valence-corrected chi connectivity index (χ3v) is 7.39. The molecule has 0 unspecified atom stereocenters. The van der Waals surface area contributed by atoms with Gasteiger partial charge in [0.2, 0.25) is 15.7 Å². The molecule has 1 amide bonds. The molecule has 0 aliphatic heterocycles. The van der Waals surface area contributed by atoms with Crippen LogP contribution in [0.2, 0.25) is 10.0 Å². The van der Waals surface area contributed by atoms with E-state index in [4.69, 9.17) is 32.7 Å². The molecule has 0 heterocycles. The van der Waals surface area contributed by atoms with Crippen LogP contribution < -0.4 is 15.4 Å². The molecule has 34 heavy (non-hydrogen) atoms. The average Bonchev–Trinajstić information content (AvgIpc) is 2.82. The Labute approximate surface area is 206 Å². The summed E-state index contributed by atoms with van der Waals surface area (Å²) < 4.78 is 50.3. The molecule has 0 atom stereocenters. The molecule has 0 aliphatic carbocycles. The van der Waals surface area contributed by atoms with E-state index in [0.29, 0.717) is 5.69 Å². The van der Waals surface area contributed by atoms with Gasteiger partial charge in [-0.1, -0.05) is 41.4 Å². The van der Waals surface area contributed by atoms with Crippen LogP contribution in [-0.2, 0) is 19.4 Å². The SMILES string of the molecule is COCCOc1cc(NCC(=O)Nc2ccc(F)cc2)c(Cl)c(S(=O)(=O)c2ccccc2)c1Cl. The molecule has 3 rings (SSSR count). The van der Waals surface area contributed by atoms with Gasteiger partial charge in [-0.25, -0.2) is 12.8 Å². The van der Waals surface area contributed by atoms with Crippen LogP contribution in [0.5, 0.6) is 5.75 Å². The Balaban J connectivity index is 1.93. The number of hydrogen-bond acceptors (Lipinski definition) is 6. The monoisotopic (exact) mass is 526 g/mol. The maximum absolute atomic E-state index is 13.3. The summed E-state index contributed by atoms with van der Waals surface area (Å²) in [6.07, 6.45) is 0. The zero-order chi connectivity index (χ0) is 24.7. The molecule has 0 saturated carbocycles. The van der Waals surface area contributed by atoms with Crippen molar-refractivity contribution in [3.05, 3.63) is 76.5 Å². The highest BCUT2D eigenvalue weighted by molar-refractivity contribution is 7.91. The highest BCUT2D eigenvalue weighted by atomic mass is 35.5. The number of carbonyl (C=O) groups excluding carboxylic acids is 1. The van der Waals surface area contributed by atoms with E-state index in [0.717, 1.165) is 0 Å². The van der Waals surface area contributed by atoms with Gasteiger partial charge in [0.1, 0.15) is 28.1 Å². The van der Waals surface area contributed by atoms with Gasteiger partial charge < -0.3 is 20.1 Å². The molecule has 0 fully saturated rings. The van der Waals surface area contributed by atoms with Crippen LogP contribution in [-0.4, -0.2) is 41.2 Å². The Bertz CT molecular complexity index is 1260. The van der Waals surface area contributed by atoms with E-state index < -0.39 is 21.6 Å². The van der Waals surface area contributed by atoms with Crippen molar-refractivity contribution < 1.29 is 27.1 Å². The van der Waals surface area contributed by atoms with Crippen molar-refractivity contribution in [3.63, 3.8) is 0 Å². The Kier molecular flexibility index (Phi) is 8.73. The first-order valence-electron chi connectivity index (χ1n) is 9.97. The minimum atomic E-state index is -4.12. The van der Waals surface area contributed by atoms with E-state index >= 15 is 0 Å². The van der Waals surface area contributed by atoms with Gasteiger partial charge in [0.15, 0.2) is 0 Å². The van der Waals surface area contributed by atoms with Gasteiger partial charge in [-0.15, -0.1) is 0 Å². The van der Waals surface area contributed by atoms with Crippen molar-refractivity contribution in [1.82, 2.24) is 0 Å². The van der Waals surface area contributed by atoms with E-state index in [2.05, 4.69) is 10.6 Å². The van der Waals surface area contributed by atoms with Crippen LogP contribution in [0.4, 0.5) is 15.8 Å². The molecule has 180 valence electrons. The number of sulfone groups is 1. The average molecular weight is 527 g/mol. The lowest BCUT2D eigenvalue weighted by Crippen LogP contribution is -2.22. The summed E-state index contributed by atoms with van der Waals surface area (Å²) in [4.78, 5) is 12.0. The third kappa shape index (κ3) is 6.18. The van der Waals surface area contributed by atoms with Gasteiger partial charge in [-0.3, -0.25) is 4.79 Å².